The van der Waals surface area contributed by atoms with Crippen LogP contribution in [0.4, 0.5) is 0 Å². The zero-order chi connectivity index (χ0) is 24.9. The molecule has 0 spiro atoms. The van der Waals surface area contributed by atoms with Gasteiger partial charge in [0, 0.05) is 32.0 Å². The van der Waals surface area contributed by atoms with E-state index in [1.807, 2.05) is 31.2 Å². The minimum Gasteiger partial charge on any atom is -0.497 e. The Kier molecular flexibility index (Phi) is 8.99. The van der Waals surface area contributed by atoms with Crippen molar-refractivity contribution in [1.29, 1.82) is 0 Å². The van der Waals surface area contributed by atoms with Gasteiger partial charge in [0.05, 0.1) is 19.8 Å². The summed E-state index contributed by atoms with van der Waals surface area (Å²) < 4.78 is 10.2. The lowest BCUT2D eigenvalue weighted by Crippen LogP contribution is -2.58. The number of carbonyl (C=O) groups excluding carboxylic acids is 2. The number of carbonyl (C=O) groups is 2. The van der Waals surface area contributed by atoms with Crippen molar-refractivity contribution < 1.29 is 24.2 Å². The van der Waals surface area contributed by atoms with Gasteiger partial charge in [-0.2, -0.15) is 0 Å². The molecule has 0 heterocycles. The average molecular weight is 475 g/mol. The van der Waals surface area contributed by atoms with E-state index in [0.29, 0.717) is 19.6 Å². The molecule has 7 nitrogen and oxygen atoms in total. The Balaban J connectivity index is 1.62. The van der Waals surface area contributed by atoms with Gasteiger partial charge in [-0.05, 0) is 66.5 Å². The molecule has 34 heavy (non-hydrogen) atoms. The molecule has 3 rings (SSSR count). The monoisotopic (exact) mass is 474 g/mol. The standard InChI is InChI=1S/C27H42N2O5/c1-17(26(32)28-16-19-6-8-20(34-5)9-7-19)21-10-13-27(3)14-11-22(18(2)24(27)25(21)31)29-23(30)12-15-33-4/h6-9,17-18,21-22,24-25,31H,10-16H2,1-5H3,(H,28,32)(H,29,30)/t17-,18+,21+,22-,24+,25-,27-/m0/s1. The van der Waals surface area contributed by atoms with E-state index in [9.17, 15) is 14.7 Å². The molecular weight excluding hydrogens is 432 g/mol. The second kappa shape index (κ2) is 11.5. The fourth-order valence-electron chi connectivity index (χ4n) is 6.26. The number of aliphatic hydroxyl groups is 1. The third-order valence-electron chi connectivity index (χ3n) is 8.45. The Bertz CT molecular complexity index is 829. The minimum absolute atomic E-state index is 0.00423. The summed E-state index contributed by atoms with van der Waals surface area (Å²) in [7, 11) is 3.22. The maximum absolute atomic E-state index is 13.0. The minimum atomic E-state index is -0.575. The van der Waals surface area contributed by atoms with Crippen LogP contribution in [0.3, 0.4) is 0 Å². The van der Waals surface area contributed by atoms with Crippen LogP contribution in [-0.2, 0) is 20.9 Å². The Hall–Kier alpha value is -2.12. The highest BCUT2D eigenvalue weighted by Crippen LogP contribution is 2.55. The van der Waals surface area contributed by atoms with E-state index in [-0.39, 0.29) is 46.9 Å². The molecule has 0 unspecified atom stereocenters. The van der Waals surface area contributed by atoms with E-state index >= 15 is 0 Å². The van der Waals surface area contributed by atoms with Crippen LogP contribution < -0.4 is 15.4 Å². The highest BCUT2D eigenvalue weighted by atomic mass is 16.5. The summed E-state index contributed by atoms with van der Waals surface area (Å²) in [6.07, 6.45) is 3.49. The number of hydrogen-bond donors (Lipinski definition) is 3. The third-order valence-corrected chi connectivity index (χ3v) is 8.45. The quantitative estimate of drug-likeness (QED) is 0.510. The van der Waals surface area contributed by atoms with Crippen LogP contribution in [0, 0.1) is 29.1 Å². The number of amides is 2. The number of hydrogen-bond acceptors (Lipinski definition) is 5. The van der Waals surface area contributed by atoms with Gasteiger partial charge in [-0.15, -0.1) is 0 Å². The van der Waals surface area contributed by atoms with Crippen molar-refractivity contribution in [3.8, 4) is 5.75 Å². The maximum atomic E-state index is 13.0. The summed E-state index contributed by atoms with van der Waals surface area (Å²) in [5.74, 6) is 0.543. The molecule has 0 aromatic heterocycles. The number of fused-ring (bicyclic) bond motifs is 1. The summed E-state index contributed by atoms with van der Waals surface area (Å²) in [5, 5.41) is 17.7. The number of nitrogens with one attached hydrogen (secondary N) is 2. The van der Waals surface area contributed by atoms with E-state index in [1.165, 1.54) is 0 Å². The molecule has 3 N–H and O–H groups in total. The van der Waals surface area contributed by atoms with Gasteiger partial charge in [0.2, 0.25) is 11.8 Å². The predicted molar refractivity (Wildman–Crippen MR) is 131 cm³/mol. The summed E-state index contributed by atoms with van der Waals surface area (Å²) >= 11 is 0. The predicted octanol–water partition coefficient (Wildman–Crippen LogP) is 3.29. The van der Waals surface area contributed by atoms with Crippen molar-refractivity contribution in [3.05, 3.63) is 29.8 Å². The van der Waals surface area contributed by atoms with E-state index in [0.717, 1.165) is 37.0 Å². The lowest BCUT2D eigenvalue weighted by atomic mass is 9.51. The summed E-state index contributed by atoms with van der Waals surface area (Å²) in [6.45, 7) is 7.19. The molecule has 2 amide bonds. The molecule has 2 aliphatic rings. The molecule has 1 aromatic rings. The smallest absolute Gasteiger partial charge is 0.223 e. The molecule has 2 fully saturated rings. The first-order chi connectivity index (χ1) is 16.2. The van der Waals surface area contributed by atoms with Gasteiger partial charge in [0.1, 0.15) is 5.75 Å². The Morgan fingerprint density at radius 2 is 1.85 bits per heavy atom. The van der Waals surface area contributed by atoms with E-state index in [1.54, 1.807) is 14.2 Å². The Morgan fingerprint density at radius 1 is 1.18 bits per heavy atom. The summed E-state index contributed by atoms with van der Waals surface area (Å²) in [6, 6.07) is 7.68. The third kappa shape index (κ3) is 5.92. The first-order valence-electron chi connectivity index (χ1n) is 12.6. The van der Waals surface area contributed by atoms with Crippen molar-refractivity contribution in [2.75, 3.05) is 20.8 Å². The summed E-state index contributed by atoms with van der Waals surface area (Å²) in [4.78, 5) is 25.3. The lowest BCUT2D eigenvalue weighted by Gasteiger charge is -2.56. The molecule has 1 aromatic carbocycles. The Labute approximate surface area is 204 Å². The van der Waals surface area contributed by atoms with Crippen molar-refractivity contribution in [3.63, 3.8) is 0 Å². The zero-order valence-electron chi connectivity index (χ0n) is 21.3. The van der Waals surface area contributed by atoms with Crippen LogP contribution in [-0.4, -0.2) is 49.9 Å². The summed E-state index contributed by atoms with van der Waals surface area (Å²) in [5.41, 5.74) is 1.04. The van der Waals surface area contributed by atoms with E-state index < -0.39 is 6.10 Å². The molecule has 7 heteroatoms. The van der Waals surface area contributed by atoms with Gasteiger partial charge in [0.15, 0.2) is 0 Å². The van der Waals surface area contributed by atoms with E-state index in [4.69, 9.17) is 9.47 Å². The van der Waals surface area contributed by atoms with Gasteiger partial charge in [0.25, 0.3) is 0 Å². The molecule has 0 aliphatic heterocycles. The highest BCUT2D eigenvalue weighted by molar-refractivity contribution is 5.78. The van der Waals surface area contributed by atoms with Crippen molar-refractivity contribution in [2.24, 2.45) is 29.1 Å². The zero-order valence-corrected chi connectivity index (χ0v) is 21.3. The topological polar surface area (TPSA) is 96.9 Å². The van der Waals surface area contributed by atoms with Crippen LogP contribution in [0.1, 0.15) is 58.4 Å². The van der Waals surface area contributed by atoms with Crippen LogP contribution in [0.2, 0.25) is 0 Å². The molecule has 0 saturated heterocycles. The number of methoxy groups -OCH3 is 2. The largest absolute Gasteiger partial charge is 0.497 e. The SMILES string of the molecule is COCCC(=O)N[C@H]1CC[C@]2(C)CC[C@H]([C@H](C)C(=O)NCc3ccc(OC)cc3)[C@H](O)[C@H]2[C@@H]1C. The second-order valence-corrected chi connectivity index (χ2v) is 10.5. The average Bonchev–Trinajstić information content (AvgIpc) is 2.83. The second-order valence-electron chi connectivity index (χ2n) is 10.5. The van der Waals surface area contributed by atoms with Gasteiger partial charge >= 0.3 is 0 Å². The normalized spacial score (nSPS) is 31.8. The molecule has 190 valence electrons. The number of benzene rings is 1. The van der Waals surface area contributed by atoms with Crippen LogP contribution in [0.25, 0.3) is 0 Å². The fourth-order valence-corrected chi connectivity index (χ4v) is 6.26. The fraction of sp³-hybridized carbons (Fsp3) is 0.704. The molecule has 2 aliphatic carbocycles. The van der Waals surface area contributed by atoms with Crippen molar-refractivity contribution >= 4 is 11.8 Å². The van der Waals surface area contributed by atoms with Crippen LogP contribution >= 0.6 is 0 Å². The van der Waals surface area contributed by atoms with Gasteiger partial charge < -0.3 is 25.2 Å². The van der Waals surface area contributed by atoms with Crippen LogP contribution in [0.5, 0.6) is 5.75 Å². The highest BCUT2D eigenvalue weighted by Gasteiger charge is 2.53. The van der Waals surface area contributed by atoms with Crippen LogP contribution in [0.15, 0.2) is 24.3 Å². The molecule has 2 saturated carbocycles. The van der Waals surface area contributed by atoms with E-state index in [2.05, 4.69) is 24.5 Å². The first kappa shape index (κ1) is 26.5. The number of rotatable bonds is 9. The molecule has 7 atom stereocenters. The lowest BCUT2D eigenvalue weighted by molar-refractivity contribution is -0.144. The molecular formula is C27H42N2O5. The Morgan fingerprint density at radius 3 is 2.50 bits per heavy atom. The van der Waals surface area contributed by atoms with Crippen molar-refractivity contribution in [2.45, 2.75) is 71.6 Å². The van der Waals surface area contributed by atoms with Gasteiger partial charge in [-0.25, -0.2) is 0 Å². The molecule has 0 bridgehead atoms. The number of ether oxygens (including phenoxy) is 2. The maximum Gasteiger partial charge on any atom is 0.223 e. The molecule has 0 radical (unpaired) electrons. The van der Waals surface area contributed by atoms with Crippen molar-refractivity contribution in [1.82, 2.24) is 10.6 Å². The number of aliphatic hydroxyl groups excluding tert-OH is 1. The van der Waals surface area contributed by atoms with Gasteiger partial charge in [-0.3, -0.25) is 9.59 Å². The first-order valence-corrected chi connectivity index (χ1v) is 12.6. The van der Waals surface area contributed by atoms with Gasteiger partial charge in [-0.1, -0.05) is 32.9 Å².